The number of pyridine rings is 1. The van der Waals surface area contributed by atoms with E-state index in [0.29, 0.717) is 6.04 Å². The first-order valence-electron chi connectivity index (χ1n) is 8.41. The van der Waals surface area contributed by atoms with Gasteiger partial charge in [-0.15, -0.1) is 0 Å². The lowest BCUT2D eigenvalue weighted by Gasteiger charge is -2.23. The number of rotatable bonds is 6. The first-order chi connectivity index (χ1) is 11.6. The molecule has 1 aromatic carbocycles. The van der Waals surface area contributed by atoms with Crippen molar-refractivity contribution in [1.29, 1.82) is 0 Å². The van der Waals surface area contributed by atoms with Crippen LogP contribution in [0.25, 0.3) is 0 Å². The van der Waals surface area contributed by atoms with Gasteiger partial charge in [-0.3, -0.25) is 15.0 Å². The highest BCUT2D eigenvalue weighted by molar-refractivity contribution is 5.28. The van der Waals surface area contributed by atoms with Crippen molar-refractivity contribution in [3.8, 4) is 0 Å². The quantitative estimate of drug-likeness (QED) is 0.736. The second-order valence-corrected chi connectivity index (χ2v) is 6.33. The molecule has 4 heteroatoms. The van der Waals surface area contributed by atoms with Gasteiger partial charge in [0.05, 0.1) is 17.9 Å². The minimum atomic E-state index is 0.0461. The summed E-state index contributed by atoms with van der Waals surface area (Å²) >= 11 is 0. The molecule has 3 aromatic rings. The van der Waals surface area contributed by atoms with Gasteiger partial charge < -0.3 is 0 Å². The highest BCUT2D eigenvalue weighted by Gasteiger charge is 2.19. The molecule has 3 rings (SSSR count). The van der Waals surface area contributed by atoms with E-state index in [1.807, 2.05) is 35.3 Å². The van der Waals surface area contributed by atoms with Crippen molar-refractivity contribution >= 4 is 0 Å². The number of aromatic nitrogens is 3. The van der Waals surface area contributed by atoms with E-state index >= 15 is 0 Å². The summed E-state index contributed by atoms with van der Waals surface area (Å²) in [5.41, 5.74) is 3.41. The third kappa shape index (κ3) is 3.71. The summed E-state index contributed by atoms with van der Waals surface area (Å²) < 4.78 is 1.99. The highest BCUT2D eigenvalue weighted by atomic mass is 15.3. The number of nitrogens with zero attached hydrogens (tertiary/aromatic N) is 3. The highest BCUT2D eigenvalue weighted by Crippen LogP contribution is 2.24. The smallest absolute Gasteiger partial charge is 0.0756 e. The van der Waals surface area contributed by atoms with Crippen molar-refractivity contribution in [3.63, 3.8) is 0 Å². The van der Waals surface area contributed by atoms with E-state index in [0.717, 1.165) is 5.69 Å². The molecule has 24 heavy (non-hydrogen) atoms. The Morgan fingerprint density at radius 2 is 1.67 bits per heavy atom. The zero-order valence-corrected chi connectivity index (χ0v) is 14.4. The molecule has 0 aliphatic carbocycles. The molecular formula is C20H24N4. The van der Waals surface area contributed by atoms with Crippen LogP contribution in [0.4, 0.5) is 0 Å². The number of hydrogen-bond donors (Lipinski definition) is 1. The molecule has 4 nitrogen and oxygen atoms in total. The molecule has 0 bridgehead atoms. The Morgan fingerprint density at radius 3 is 2.29 bits per heavy atom. The predicted octanol–water partition coefficient (Wildman–Crippen LogP) is 4.30. The molecule has 0 aliphatic heterocycles. The Morgan fingerprint density at radius 1 is 0.917 bits per heavy atom. The molecule has 0 unspecified atom stereocenters. The Labute approximate surface area is 143 Å². The van der Waals surface area contributed by atoms with Gasteiger partial charge in [0.1, 0.15) is 0 Å². The number of hydrogen-bond acceptors (Lipinski definition) is 3. The third-order valence-electron chi connectivity index (χ3n) is 4.18. The van der Waals surface area contributed by atoms with Crippen LogP contribution < -0.4 is 5.32 Å². The Bertz CT molecular complexity index is 710. The van der Waals surface area contributed by atoms with E-state index in [-0.39, 0.29) is 12.1 Å². The van der Waals surface area contributed by atoms with Gasteiger partial charge in [0.25, 0.3) is 0 Å². The van der Waals surface area contributed by atoms with Crippen LogP contribution in [0.1, 0.15) is 55.7 Å². The average Bonchev–Trinajstić information content (AvgIpc) is 3.11. The van der Waals surface area contributed by atoms with Gasteiger partial charge in [0, 0.05) is 30.0 Å². The van der Waals surface area contributed by atoms with Gasteiger partial charge in [-0.25, -0.2) is 0 Å². The van der Waals surface area contributed by atoms with Crippen molar-refractivity contribution in [2.75, 3.05) is 0 Å². The summed E-state index contributed by atoms with van der Waals surface area (Å²) in [6.07, 6.45) is 5.90. The second-order valence-electron chi connectivity index (χ2n) is 6.33. The van der Waals surface area contributed by atoms with Crippen molar-refractivity contribution in [3.05, 3.63) is 83.9 Å². The Hall–Kier alpha value is -2.46. The predicted molar refractivity (Wildman–Crippen MR) is 96.7 cm³/mol. The molecule has 0 amide bonds. The molecule has 0 saturated carbocycles. The standard InChI is InChI=1S/C20H24N4/c1-15(2)24-14-18(13-22-24)16(3)23-20(17-9-5-4-6-10-17)19-11-7-8-12-21-19/h4-16,20,23H,1-3H3/t16-,20+/m0/s1. The van der Waals surface area contributed by atoms with E-state index in [2.05, 4.69) is 72.7 Å². The summed E-state index contributed by atoms with van der Waals surface area (Å²) in [4.78, 5) is 4.55. The minimum absolute atomic E-state index is 0.0461. The SMILES string of the molecule is CC(C)n1cc([C@H](C)N[C@H](c2ccccc2)c2ccccn2)cn1. The molecule has 2 aromatic heterocycles. The first-order valence-corrected chi connectivity index (χ1v) is 8.41. The molecule has 0 saturated heterocycles. The third-order valence-corrected chi connectivity index (χ3v) is 4.18. The maximum absolute atomic E-state index is 4.55. The zero-order chi connectivity index (χ0) is 16.9. The van der Waals surface area contributed by atoms with E-state index in [4.69, 9.17) is 0 Å². The molecule has 1 N–H and O–H groups in total. The number of benzene rings is 1. The van der Waals surface area contributed by atoms with E-state index in [1.54, 1.807) is 0 Å². The minimum Gasteiger partial charge on any atom is -0.298 e. The molecule has 0 spiro atoms. The average molecular weight is 320 g/mol. The van der Waals surface area contributed by atoms with Crippen molar-refractivity contribution in [2.24, 2.45) is 0 Å². The summed E-state index contributed by atoms with van der Waals surface area (Å²) in [6, 6.07) is 17.1. The van der Waals surface area contributed by atoms with Gasteiger partial charge in [-0.2, -0.15) is 5.10 Å². The molecule has 124 valence electrons. The monoisotopic (exact) mass is 320 g/mol. The Kier molecular flexibility index (Phi) is 5.06. The van der Waals surface area contributed by atoms with E-state index in [1.165, 1.54) is 11.1 Å². The maximum Gasteiger partial charge on any atom is 0.0756 e. The van der Waals surface area contributed by atoms with Crippen molar-refractivity contribution < 1.29 is 0 Å². The lowest BCUT2D eigenvalue weighted by molar-refractivity contribution is 0.504. The second kappa shape index (κ2) is 7.41. The van der Waals surface area contributed by atoms with Crippen LogP contribution in [0, 0.1) is 0 Å². The molecular weight excluding hydrogens is 296 g/mol. The van der Waals surface area contributed by atoms with Gasteiger partial charge >= 0.3 is 0 Å². The van der Waals surface area contributed by atoms with Crippen LogP contribution in [0.3, 0.4) is 0 Å². The molecule has 0 fully saturated rings. The first kappa shape index (κ1) is 16.4. The van der Waals surface area contributed by atoms with Crippen molar-refractivity contribution in [2.45, 2.75) is 38.9 Å². The summed E-state index contributed by atoms with van der Waals surface area (Å²) in [5.74, 6) is 0. The lowest BCUT2D eigenvalue weighted by Crippen LogP contribution is -2.26. The fourth-order valence-corrected chi connectivity index (χ4v) is 2.75. The number of nitrogens with one attached hydrogen (secondary N) is 1. The van der Waals surface area contributed by atoms with Gasteiger partial charge in [0.15, 0.2) is 0 Å². The van der Waals surface area contributed by atoms with Gasteiger partial charge in [-0.1, -0.05) is 36.4 Å². The lowest BCUT2D eigenvalue weighted by atomic mass is 10.0. The van der Waals surface area contributed by atoms with Crippen LogP contribution in [0.5, 0.6) is 0 Å². The summed E-state index contributed by atoms with van der Waals surface area (Å²) in [7, 11) is 0. The van der Waals surface area contributed by atoms with E-state index < -0.39 is 0 Å². The maximum atomic E-state index is 4.55. The normalized spacial score (nSPS) is 13.8. The van der Waals surface area contributed by atoms with Crippen LogP contribution >= 0.6 is 0 Å². The fourth-order valence-electron chi connectivity index (χ4n) is 2.75. The molecule has 2 heterocycles. The van der Waals surface area contributed by atoms with Crippen LogP contribution in [0.2, 0.25) is 0 Å². The molecule has 2 atom stereocenters. The summed E-state index contributed by atoms with van der Waals surface area (Å²) in [6.45, 7) is 6.44. The fraction of sp³-hybridized carbons (Fsp3) is 0.300. The van der Waals surface area contributed by atoms with Gasteiger partial charge in [0.2, 0.25) is 0 Å². The molecule has 0 radical (unpaired) electrons. The Balaban J connectivity index is 1.86. The van der Waals surface area contributed by atoms with Gasteiger partial charge in [-0.05, 0) is 38.5 Å². The van der Waals surface area contributed by atoms with Crippen LogP contribution in [-0.4, -0.2) is 14.8 Å². The van der Waals surface area contributed by atoms with Crippen LogP contribution in [-0.2, 0) is 0 Å². The topological polar surface area (TPSA) is 42.7 Å². The van der Waals surface area contributed by atoms with Crippen molar-refractivity contribution in [1.82, 2.24) is 20.1 Å². The zero-order valence-electron chi connectivity index (χ0n) is 14.4. The van der Waals surface area contributed by atoms with Crippen LogP contribution in [0.15, 0.2) is 67.1 Å². The summed E-state index contributed by atoms with van der Waals surface area (Å²) in [5, 5.41) is 8.15. The van der Waals surface area contributed by atoms with E-state index in [9.17, 15) is 0 Å². The largest absolute Gasteiger partial charge is 0.298 e. The molecule has 0 aliphatic rings.